The molecule has 0 aromatic rings. The van der Waals surface area contributed by atoms with E-state index in [2.05, 4.69) is 6.58 Å². The average molecular weight is 88.3 g/mol. The van der Waals surface area contributed by atoms with Gasteiger partial charge in [-0.2, -0.15) is 0 Å². The minimum atomic E-state index is 1.22. The smallest absolute Gasteiger partial charge is 0.0264 e. The molecule has 0 unspecified atom stereocenters. The van der Waals surface area contributed by atoms with Crippen LogP contribution in [0.5, 0.6) is 0 Å². The van der Waals surface area contributed by atoms with Crippen LogP contribution in [0.3, 0.4) is 0 Å². The highest BCUT2D eigenvalue weighted by molar-refractivity contribution is 6.47. The van der Waals surface area contributed by atoms with Gasteiger partial charge in [0.15, 0.2) is 0 Å². The van der Waals surface area contributed by atoms with Crippen LogP contribution in [0.4, 0.5) is 0 Å². The highest BCUT2D eigenvalue weighted by Gasteiger charge is 1.52. The van der Waals surface area contributed by atoms with Crippen LogP contribution in [0.15, 0.2) is 11.4 Å². The third kappa shape index (κ3) is 99.2. The fraction of sp³-hybridized carbons (Fsp3) is 0. The van der Waals surface area contributed by atoms with Crippen LogP contribution in [-0.2, 0) is 0 Å². The lowest BCUT2D eigenvalue weighted by atomic mass is 11.2. The predicted molar refractivity (Wildman–Crippen MR) is 29.0 cm³/mol. The lowest BCUT2D eigenvalue weighted by Crippen LogP contribution is -1.67. The van der Waals surface area contributed by atoms with E-state index in [9.17, 15) is 0 Å². The highest BCUT2D eigenvalue weighted by atomic mass is 28.2. The standard InChI is InChI=1S/C2H8Si2/c1-2(3)4/h1H2,3-4H3. The van der Waals surface area contributed by atoms with Gasteiger partial charge in [-0.1, -0.05) is 0 Å². The third-order valence-electron chi connectivity index (χ3n) is 0. The molecule has 0 atom stereocenters. The summed E-state index contributed by atoms with van der Waals surface area (Å²) in [4.78, 5) is 1.44. The first-order valence-corrected chi connectivity index (χ1v) is 3.35. The SMILES string of the molecule is C=C([SiH3])[SiH3]. The molecule has 0 aromatic carbocycles. The fourth-order valence-corrected chi connectivity index (χ4v) is 0. The van der Waals surface area contributed by atoms with Crippen molar-refractivity contribution >= 4 is 20.5 Å². The van der Waals surface area contributed by atoms with Crippen molar-refractivity contribution in [1.29, 1.82) is 0 Å². The summed E-state index contributed by atoms with van der Waals surface area (Å²) < 4.78 is 0. The molecule has 0 aliphatic carbocycles. The number of hydrogen-bond acceptors (Lipinski definition) is 0. The van der Waals surface area contributed by atoms with E-state index in [1.807, 2.05) is 0 Å². The lowest BCUT2D eigenvalue weighted by Gasteiger charge is -1.64. The summed E-state index contributed by atoms with van der Waals surface area (Å²) in [6.07, 6.45) is 0. The molecule has 0 amide bonds. The minimum absolute atomic E-state index is 1.22. The summed E-state index contributed by atoms with van der Waals surface area (Å²) in [5, 5.41) is 0. The first-order chi connectivity index (χ1) is 1.73. The van der Waals surface area contributed by atoms with Gasteiger partial charge in [-0.3, -0.25) is 0 Å². The third-order valence-corrected chi connectivity index (χ3v) is 0. The maximum Gasteiger partial charge on any atom is 0.0264 e. The molecule has 0 bridgehead atoms. The van der Waals surface area contributed by atoms with Crippen molar-refractivity contribution < 1.29 is 0 Å². The van der Waals surface area contributed by atoms with Crippen molar-refractivity contribution in [3.8, 4) is 0 Å². The van der Waals surface area contributed by atoms with Crippen molar-refractivity contribution in [3.05, 3.63) is 11.4 Å². The van der Waals surface area contributed by atoms with Crippen molar-refractivity contribution in [1.82, 2.24) is 0 Å². The Morgan fingerprint density at radius 1 is 1.50 bits per heavy atom. The second-order valence-electron chi connectivity index (χ2n) is 1.21. The van der Waals surface area contributed by atoms with Crippen molar-refractivity contribution in [2.75, 3.05) is 0 Å². The van der Waals surface area contributed by atoms with Gasteiger partial charge in [-0.15, -0.1) is 11.4 Å². The molecule has 0 spiro atoms. The summed E-state index contributed by atoms with van der Waals surface area (Å²) >= 11 is 0. The molecule has 4 heavy (non-hydrogen) atoms. The van der Waals surface area contributed by atoms with E-state index in [4.69, 9.17) is 0 Å². The van der Waals surface area contributed by atoms with Gasteiger partial charge in [0.1, 0.15) is 0 Å². The Morgan fingerprint density at radius 3 is 1.50 bits per heavy atom. The average Bonchev–Trinajstić information content (AvgIpc) is 0.811. The molecule has 0 aliphatic rings. The van der Waals surface area contributed by atoms with E-state index < -0.39 is 0 Å². The van der Waals surface area contributed by atoms with Gasteiger partial charge in [0.25, 0.3) is 0 Å². The molecule has 0 nitrogen and oxygen atoms in total. The molecule has 0 rings (SSSR count). The van der Waals surface area contributed by atoms with Gasteiger partial charge in [-0.25, -0.2) is 0 Å². The molecule has 0 heterocycles. The molecule has 0 N–H and O–H groups in total. The van der Waals surface area contributed by atoms with Gasteiger partial charge >= 0.3 is 0 Å². The van der Waals surface area contributed by atoms with Gasteiger partial charge < -0.3 is 0 Å². The molecule has 0 aliphatic heterocycles. The normalized spacial score (nSPS) is 8.00. The Hall–Kier alpha value is 0.174. The Kier molecular flexibility index (Phi) is 1.55. The van der Waals surface area contributed by atoms with Crippen LogP contribution in [0.1, 0.15) is 0 Å². The predicted octanol–water partition coefficient (Wildman–Crippen LogP) is -1.81. The topological polar surface area (TPSA) is 0 Å². The summed E-state index contributed by atoms with van der Waals surface area (Å²) in [6, 6.07) is 0. The number of rotatable bonds is 0. The molecule has 24 valence electrons. The Balaban J connectivity index is 2.80. The number of hydrogen-bond donors (Lipinski definition) is 0. The van der Waals surface area contributed by atoms with E-state index in [1.54, 1.807) is 0 Å². The zero-order valence-corrected chi connectivity index (χ0v) is 7.21. The first-order valence-electron chi connectivity index (χ1n) is 1.35. The van der Waals surface area contributed by atoms with E-state index >= 15 is 0 Å². The second kappa shape index (κ2) is 1.49. The van der Waals surface area contributed by atoms with Crippen molar-refractivity contribution in [2.45, 2.75) is 0 Å². The van der Waals surface area contributed by atoms with Gasteiger partial charge in [-0.05, 0) is 0 Å². The van der Waals surface area contributed by atoms with Crippen LogP contribution in [0.25, 0.3) is 0 Å². The van der Waals surface area contributed by atoms with Crippen LogP contribution < -0.4 is 0 Å². The maximum atomic E-state index is 3.68. The monoisotopic (exact) mass is 88.0 g/mol. The van der Waals surface area contributed by atoms with Gasteiger partial charge in [0, 0.05) is 20.5 Å². The molecule has 0 saturated heterocycles. The van der Waals surface area contributed by atoms with Crippen LogP contribution in [-0.4, -0.2) is 20.5 Å². The van der Waals surface area contributed by atoms with E-state index in [1.165, 1.54) is 25.3 Å². The second-order valence-corrected chi connectivity index (χ2v) is 6.62. The van der Waals surface area contributed by atoms with Gasteiger partial charge in [0.05, 0.1) is 0 Å². The fourth-order valence-electron chi connectivity index (χ4n) is 0. The highest BCUT2D eigenvalue weighted by Crippen LogP contribution is 1.55. The molecular formula is C2H8Si2. The Labute approximate surface area is 32.8 Å². The van der Waals surface area contributed by atoms with E-state index in [0.717, 1.165) is 0 Å². The molecule has 0 aromatic heterocycles. The first kappa shape index (κ1) is 4.17. The van der Waals surface area contributed by atoms with Crippen LogP contribution in [0.2, 0.25) is 0 Å². The summed E-state index contributed by atoms with van der Waals surface area (Å²) in [5.74, 6) is 0. The van der Waals surface area contributed by atoms with Crippen LogP contribution >= 0.6 is 0 Å². The molecular weight excluding hydrogens is 80.2 g/mol. The lowest BCUT2D eigenvalue weighted by molar-refractivity contribution is 2.44. The minimum Gasteiger partial charge on any atom is -0.118 e. The largest absolute Gasteiger partial charge is 0.118 e. The van der Waals surface area contributed by atoms with Crippen molar-refractivity contribution in [3.63, 3.8) is 0 Å². The Morgan fingerprint density at radius 2 is 1.50 bits per heavy atom. The molecule has 0 saturated carbocycles. The zero-order valence-electron chi connectivity index (χ0n) is 3.21. The molecule has 2 heteroatoms. The van der Waals surface area contributed by atoms with Crippen LogP contribution in [0, 0.1) is 0 Å². The quantitative estimate of drug-likeness (QED) is 0.306. The molecule has 0 fully saturated rings. The Bertz CT molecular complexity index is 27.0. The summed E-state index contributed by atoms with van der Waals surface area (Å²) in [6.45, 7) is 3.68. The molecule has 0 radical (unpaired) electrons. The van der Waals surface area contributed by atoms with E-state index in [-0.39, 0.29) is 0 Å². The summed E-state index contributed by atoms with van der Waals surface area (Å²) in [5.41, 5.74) is 0. The summed E-state index contributed by atoms with van der Waals surface area (Å²) in [7, 11) is 2.43. The van der Waals surface area contributed by atoms with E-state index in [0.29, 0.717) is 0 Å². The van der Waals surface area contributed by atoms with Gasteiger partial charge in [0.2, 0.25) is 0 Å². The van der Waals surface area contributed by atoms with Crippen molar-refractivity contribution in [2.24, 2.45) is 0 Å². The maximum absolute atomic E-state index is 3.68. The zero-order chi connectivity index (χ0) is 3.58.